The van der Waals surface area contributed by atoms with Gasteiger partial charge < -0.3 is 5.32 Å². The average molecular weight is 469 g/mol. The molecular formula is C24H21ClN2O2S2. The third-order valence-electron chi connectivity index (χ3n) is 4.78. The van der Waals surface area contributed by atoms with Crippen molar-refractivity contribution < 1.29 is 8.42 Å². The second kappa shape index (κ2) is 10.1. The molecule has 0 heterocycles. The number of hydrogen-bond donors (Lipinski definition) is 1. The molecule has 0 saturated carbocycles. The lowest BCUT2D eigenvalue weighted by Crippen LogP contribution is -2.11. The second-order valence-corrected chi connectivity index (χ2v) is 10.1. The van der Waals surface area contributed by atoms with Crippen LogP contribution in [-0.2, 0) is 15.6 Å². The molecular weight excluding hydrogens is 448 g/mol. The summed E-state index contributed by atoms with van der Waals surface area (Å²) in [4.78, 5) is -0.248. The van der Waals surface area contributed by atoms with E-state index in [0.29, 0.717) is 16.5 Å². The van der Waals surface area contributed by atoms with Crippen molar-refractivity contribution in [3.05, 3.63) is 104 Å². The van der Waals surface area contributed by atoms with E-state index in [0.717, 1.165) is 16.7 Å². The molecule has 0 radical (unpaired) electrons. The molecule has 0 aliphatic carbocycles. The van der Waals surface area contributed by atoms with E-state index in [1.807, 2.05) is 44.2 Å². The normalized spacial score (nSPS) is 12.1. The van der Waals surface area contributed by atoms with Gasteiger partial charge in [0.25, 0.3) is 0 Å². The molecule has 4 nitrogen and oxygen atoms in total. The SMILES string of the molecule is Cc1ccccc1CS/C(Nc1cccc(Cl)c1C)=C(\C#N)S(=O)(=O)c1ccccc1. The van der Waals surface area contributed by atoms with E-state index in [-0.39, 0.29) is 14.8 Å². The summed E-state index contributed by atoms with van der Waals surface area (Å²) in [5, 5.41) is 13.9. The van der Waals surface area contributed by atoms with Gasteiger partial charge in [0.1, 0.15) is 11.1 Å². The first-order chi connectivity index (χ1) is 14.8. The zero-order chi connectivity index (χ0) is 22.4. The molecule has 0 amide bonds. The quantitative estimate of drug-likeness (QED) is 0.402. The molecule has 0 aliphatic rings. The van der Waals surface area contributed by atoms with Gasteiger partial charge in [-0.05, 0) is 54.8 Å². The lowest BCUT2D eigenvalue weighted by atomic mass is 10.1. The third-order valence-corrected chi connectivity index (χ3v) is 8.09. The summed E-state index contributed by atoms with van der Waals surface area (Å²) in [6, 6.07) is 23.1. The van der Waals surface area contributed by atoms with Crippen molar-refractivity contribution in [2.75, 3.05) is 5.32 Å². The smallest absolute Gasteiger partial charge is 0.219 e. The maximum atomic E-state index is 13.3. The molecule has 0 aliphatic heterocycles. The van der Waals surface area contributed by atoms with Crippen LogP contribution in [0.5, 0.6) is 0 Å². The molecule has 0 bridgehead atoms. The summed E-state index contributed by atoms with van der Waals surface area (Å²) >= 11 is 7.52. The fourth-order valence-electron chi connectivity index (χ4n) is 2.90. The largest absolute Gasteiger partial charge is 0.348 e. The standard InChI is InChI=1S/C24H21ClN2O2S2/c1-17-9-6-7-10-19(17)16-30-24(27-22-14-8-13-21(25)18(22)2)23(15-26)31(28,29)20-11-4-3-5-12-20/h3-14,27H,16H2,1-2H3/b24-23+. The summed E-state index contributed by atoms with van der Waals surface area (Å²) in [5.41, 5.74) is 3.57. The summed E-state index contributed by atoms with van der Waals surface area (Å²) in [5.74, 6) is 0.504. The molecule has 0 unspecified atom stereocenters. The van der Waals surface area contributed by atoms with Gasteiger partial charge in [0.15, 0.2) is 4.91 Å². The van der Waals surface area contributed by atoms with Crippen LogP contribution in [0.25, 0.3) is 0 Å². The molecule has 158 valence electrons. The topological polar surface area (TPSA) is 70.0 Å². The number of allylic oxidation sites excluding steroid dienone is 1. The third kappa shape index (κ3) is 5.31. The summed E-state index contributed by atoms with van der Waals surface area (Å²) < 4.78 is 26.5. The number of halogens is 1. The van der Waals surface area contributed by atoms with E-state index in [2.05, 4.69) is 5.32 Å². The van der Waals surface area contributed by atoms with Crippen LogP contribution in [0.15, 0.2) is 87.6 Å². The predicted octanol–water partition coefficient (Wildman–Crippen LogP) is 6.47. The Morgan fingerprint density at radius 2 is 1.68 bits per heavy atom. The molecule has 0 fully saturated rings. The van der Waals surface area contributed by atoms with E-state index in [9.17, 15) is 13.7 Å². The monoisotopic (exact) mass is 468 g/mol. The van der Waals surface area contributed by atoms with Crippen molar-refractivity contribution in [3.8, 4) is 6.07 Å². The van der Waals surface area contributed by atoms with E-state index in [1.165, 1.54) is 23.9 Å². The molecule has 31 heavy (non-hydrogen) atoms. The zero-order valence-electron chi connectivity index (χ0n) is 17.1. The van der Waals surface area contributed by atoms with Gasteiger partial charge in [0.2, 0.25) is 9.84 Å². The number of thioether (sulfide) groups is 1. The van der Waals surface area contributed by atoms with Gasteiger partial charge in [-0.1, -0.05) is 60.1 Å². The van der Waals surface area contributed by atoms with Crippen molar-refractivity contribution in [1.29, 1.82) is 5.26 Å². The minimum absolute atomic E-state index is 0.0742. The Morgan fingerprint density at radius 3 is 2.35 bits per heavy atom. The van der Waals surface area contributed by atoms with Crippen LogP contribution in [0, 0.1) is 25.2 Å². The van der Waals surface area contributed by atoms with Crippen LogP contribution in [0.4, 0.5) is 5.69 Å². The molecule has 1 N–H and O–H groups in total. The van der Waals surface area contributed by atoms with Crippen LogP contribution >= 0.6 is 23.4 Å². The second-order valence-electron chi connectivity index (χ2n) is 6.84. The van der Waals surface area contributed by atoms with Crippen molar-refractivity contribution in [3.63, 3.8) is 0 Å². The predicted molar refractivity (Wildman–Crippen MR) is 129 cm³/mol. The molecule has 3 aromatic carbocycles. The highest BCUT2D eigenvalue weighted by molar-refractivity contribution is 8.04. The highest BCUT2D eigenvalue weighted by atomic mass is 35.5. The Kier molecular flexibility index (Phi) is 7.45. The molecule has 0 atom stereocenters. The Bertz CT molecular complexity index is 1260. The van der Waals surface area contributed by atoms with Crippen molar-refractivity contribution in [2.24, 2.45) is 0 Å². The molecule has 0 saturated heterocycles. The number of anilines is 1. The number of nitrogens with one attached hydrogen (secondary N) is 1. The first-order valence-corrected chi connectivity index (χ1v) is 12.3. The molecule has 0 spiro atoms. The number of nitrogens with zero attached hydrogens (tertiary/aromatic N) is 1. The lowest BCUT2D eigenvalue weighted by Gasteiger charge is -2.16. The first kappa shape index (κ1) is 23.0. The Morgan fingerprint density at radius 1 is 1.00 bits per heavy atom. The number of hydrogen-bond acceptors (Lipinski definition) is 5. The Balaban J connectivity index is 2.09. The first-order valence-electron chi connectivity index (χ1n) is 9.48. The van der Waals surface area contributed by atoms with E-state index in [1.54, 1.807) is 36.4 Å². The summed E-state index contributed by atoms with van der Waals surface area (Å²) in [6.45, 7) is 3.84. The van der Waals surface area contributed by atoms with Crippen molar-refractivity contribution in [1.82, 2.24) is 0 Å². The maximum absolute atomic E-state index is 13.3. The van der Waals surface area contributed by atoms with E-state index in [4.69, 9.17) is 11.6 Å². The van der Waals surface area contributed by atoms with Gasteiger partial charge in [-0.2, -0.15) is 5.26 Å². The van der Waals surface area contributed by atoms with Gasteiger partial charge in [0, 0.05) is 16.5 Å². The fourth-order valence-corrected chi connectivity index (χ4v) is 5.73. The highest BCUT2D eigenvalue weighted by Crippen LogP contribution is 2.33. The van der Waals surface area contributed by atoms with Crippen LogP contribution in [-0.4, -0.2) is 8.42 Å². The van der Waals surface area contributed by atoms with Crippen LogP contribution in [0.1, 0.15) is 16.7 Å². The Hall–Kier alpha value is -2.72. The van der Waals surface area contributed by atoms with Crippen LogP contribution < -0.4 is 5.32 Å². The van der Waals surface area contributed by atoms with Crippen LogP contribution in [0.3, 0.4) is 0 Å². The average Bonchev–Trinajstić information content (AvgIpc) is 2.77. The number of sulfone groups is 1. The Labute approximate surface area is 192 Å². The van der Waals surface area contributed by atoms with Gasteiger partial charge in [-0.3, -0.25) is 0 Å². The minimum atomic E-state index is -4.01. The maximum Gasteiger partial charge on any atom is 0.219 e. The fraction of sp³-hybridized carbons (Fsp3) is 0.125. The number of benzene rings is 3. The van der Waals surface area contributed by atoms with Crippen molar-refractivity contribution >= 4 is 38.9 Å². The summed E-state index contributed by atoms with van der Waals surface area (Å²) in [7, 11) is -4.01. The number of rotatable bonds is 7. The number of aryl methyl sites for hydroxylation is 1. The van der Waals surface area contributed by atoms with Crippen molar-refractivity contribution in [2.45, 2.75) is 24.5 Å². The van der Waals surface area contributed by atoms with E-state index >= 15 is 0 Å². The number of nitriles is 1. The lowest BCUT2D eigenvalue weighted by molar-refractivity contribution is 0.603. The van der Waals surface area contributed by atoms with Gasteiger partial charge in [-0.15, -0.1) is 11.8 Å². The molecule has 7 heteroatoms. The summed E-state index contributed by atoms with van der Waals surface area (Å²) in [6.07, 6.45) is 0. The highest BCUT2D eigenvalue weighted by Gasteiger charge is 2.26. The van der Waals surface area contributed by atoms with Gasteiger partial charge in [0.05, 0.1) is 4.90 Å². The van der Waals surface area contributed by atoms with E-state index < -0.39 is 9.84 Å². The zero-order valence-corrected chi connectivity index (χ0v) is 19.5. The molecule has 3 rings (SSSR count). The van der Waals surface area contributed by atoms with Gasteiger partial charge in [-0.25, -0.2) is 8.42 Å². The van der Waals surface area contributed by atoms with Crippen LogP contribution in [0.2, 0.25) is 5.02 Å². The molecule has 3 aromatic rings. The van der Waals surface area contributed by atoms with Gasteiger partial charge >= 0.3 is 0 Å². The minimum Gasteiger partial charge on any atom is -0.348 e. The molecule has 0 aromatic heterocycles.